The van der Waals surface area contributed by atoms with Crippen molar-refractivity contribution in [1.82, 2.24) is 9.78 Å². The molecular weight excluding hydrogens is 268 g/mol. The van der Waals surface area contributed by atoms with E-state index in [-0.39, 0.29) is 11.3 Å². The number of phenols is 1. The molecule has 0 aliphatic heterocycles. The number of anilines is 1. The lowest BCUT2D eigenvalue weighted by Gasteiger charge is -2.04. The SMILES string of the molecule is Cc1c(C=C(C#N)C(=O)Nc2cccc(O)c2)cnn1C. The molecule has 0 radical (unpaired) electrons. The summed E-state index contributed by atoms with van der Waals surface area (Å²) in [7, 11) is 1.78. The summed E-state index contributed by atoms with van der Waals surface area (Å²) >= 11 is 0. The van der Waals surface area contributed by atoms with Gasteiger partial charge in [0.15, 0.2) is 0 Å². The van der Waals surface area contributed by atoms with Crippen LogP contribution in [0.1, 0.15) is 11.3 Å². The molecule has 0 aliphatic rings. The molecule has 0 unspecified atom stereocenters. The summed E-state index contributed by atoms with van der Waals surface area (Å²) in [5.74, 6) is -0.496. The van der Waals surface area contributed by atoms with Crippen molar-refractivity contribution in [3.05, 3.63) is 47.3 Å². The molecule has 1 amide bonds. The number of phenolic OH excluding ortho intramolecular Hbond substituents is 1. The zero-order chi connectivity index (χ0) is 15.4. The summed E-state index contributed by atoms with van der Waals surface area (Å²) in [6, 6.07) is 8.00. The fraction of sp³-hybridized carbons (Fsp3) is 0.133. The molecule has 0 spiro atoms. The van der Waals surface area contributed by atoms with Gasteiger partial charge in [0.05, 0.1) is 6.20 Å². The average molecular weight is 282 g/mol. The van der Waals surface area contributed by atoms with E-state index in [0.717, 1.165) is 5.69 Å². The molecule has 6 nitrogen and oxygen atoms in total. The number of carbonyl (C=O) groups is 1. The third-order valence-electron chi connectivity index (χ3n) is 3.04. The van der Waals surface area contributed by atoms with Crippen LogP contribution in [0.25, 0.3) is 6.08 Å². The second kappa shape index (κ2) is 5.92. The van der Waals surface area contributed by atoms with Gasteiger partial charge >= 0.3 is 0 Å². The van der Waals surface area contributed by atoms with Crippen LogP contribution in [0.2, 0.25) is 0 Å². The summed E-state index contributed by atoms with van der Waals surface area (Å²) < 4.78 is 1.66. The molecule has 0 atom stereocenters. The molecule has 6 heteroatoms. The van der Waals surface area contributed by atoms with Crippen molar-refractivity contribution in [2.45, 2.75) is 6.92 Å². The Morgan fingerprint density at radius 2 is 2.29 bits per heavy atom. The van der Waals surface area contributed by atoms with Gasteiger partial charge in [-0.3, -0.25) is 9.48 Å². The summed E-state index contributed by atoms with van der Waals surface area (Å²) in [5.41, 5.74) is 1.95. The van der Waals surface area contributed by atoms with Gasteiger partial charge in [-0.25, -0.2) is 0 Å². The van der Waals surface area contributed by atoms with Gasteiger partial charge in [-0.15, -0.1) is 0 Å². The highest BCUT2D eigenvalue weighted by Crippen LogP contribution is 2.17. The first-order chi connectivity index (χ1) is 10.0. The highest BCUT2D eigenvalue weighted by Gasteiger charge is 2.11. The number of nitrogens with one attached hydrogen (secondary N) is 1. The van der Waals surface area contributed by atoms with E-state index < -0.39 is 5.91 Å². The minimum Gasteiger partial charge on any atom is -0.508 e. The summed E-state index contributed by atoms with van der Waals surface area (Å²) in [6.07, 6.45) is 3.08. The van der Waals surface area contributed by atoms with Crippen LogP contribution in [0.3, 0.4) is 0 Å². The van der Waals surface area contributed by atoms with Gasteiger partial charge in [0.2, 0.25) is 0 Å². The number of nitriles is 1. The van der Waals surface area contributed by atoms with Crippen LogP contribution in [0.15, 0.2) is 36.0 Å². The third kappa shape index (κ3) is 3.28. The van der Waals surface area contributed by atoms with E-state index in [1.807, 2.05) is 13.0 Å². The van der Waals surface area contributed by atoms with Gasteiger partial charge in [0.25, 0.3) is 5.91 Å². The molecule has 0 saturated heterocycles. The molecule has 1 aromatic carbocycles. The van der Waals surface area contributed by atoms with E-state index >= 15 is 0 Å². The van der Waals surface area contributed by atoms with Crippen molar-refractivity contribution < 1.29 is 9.90 Å². The van der Waals surface area contributed by atoms with Crippen LogP contribution in [0.5, 0.6) is 5.75 Å². The van der Waals surface area contributed by atoms with E-state index in [4.69, 9.17) is 5.26 Å². The maximum absolute atomic E-state index is 12.1. The van der Waals surface area contributed by atoms with Crippen LogP contribution in [0.4, 0.5) is 5.69 Å². The van der Waals surface area contributed by atoms with Crippen molar-refractivity contribution in [2.75, 3.05) is 5.32 Å². The van der Waals surface area contributed by atoms with Crippen LogP contribution in [0, 0.1) is 18.3 Å². The monoisotopic (exact) mass is 282 g/mol. The van der Waals surface area contributed by atoms with E-state index in [9.17, 15) is 9.90 Å². The zero-order valence-electron chi connectivity index (χ0n) is 11.7. The van der Waals surface area contributed by atoms with Gasteiger partial charge in [-0.05, 0) is 25.1 Å². The Morgan fingerprint density at radius 1 is 1.52 bits per heavy atom. The summed E-state index contributed by atoms with van der Waals surface area (Å²) in [4.78, 5) is 12.1. The normalized spacial score (nSPS) is 11.0. The van der Waals surface area contributed by atoms with Crippen LogP contribution >= 0.6 is 0 Å². The molecule has 0 saturated carbocycles. The topological polar surface area (TPSA) is 90.9 Å². The van der Waals surface area contributed by atoms with Crippen LogP contribution in [-0.4, -0.2) is 20.8 Å². The van der Waals surface area contributed by atoms with Crippen molar-refractivity contribution in [3.8, 4) is 11.8 Å². The predicted octanol–water partition coefficient (Wildman–Crippen LogP) is 1.98. The Bertz CT molecular complexity index is 753. The maximum atomic E-state index is 12.1. The molecule has 2 N–H and O–H groups in total. The van der Waals surface area contributed by atoms with Crippen molar-refractivity contribution in [2.24, 2.45) is 7.05 Å². The number of nitrogens with zero attached hydrogens (tertiary/aromatic N) is 3. The maximum Gasteiger partial charge on any atom is 0.266 e. The third-order valence-corrected chi connectivity index (χ3v) is 3.04. The lowest BCUT2D eigenvalue weighted by Crippen LogP contribution is -2.13. The highest BCUT2D eigenvalue weighted by atomic mass is 16.3. The first kappa shape index (κ1) is 14.3. The minimum absolute atomic E-state index is 0.0329. The number of rotatable bonds is 3. The second-order valence-electron chi connectivity index (χ2n) is 4.48. The fourth-order valence-corrected chi connectivity index (χ4v) is 1.74. The first-order valence-electron chi connectivity index (χ1n) is 6.22. The smallest absolute Gasteiger partial charge is 0.266 e. The molecule has 0 fully saturated rings. The Balaban J connectivity index is 2.24. The number of aromatic nitrogens is 2. The van der Waals surface area contributed by atoms with Gasteiger partial charge in [0, 0.05) is 30.1 Å². The standard InChI is InChI=1S/C15H14N4O2/c1-10-12(9-17-19(10)2)6-11(8-16)15(21)18-13-4-3-5-14(20)7-13/h3-7,9,20H,1-2H3,(H,18,21). The lowest BCUT2D eigenvalue weighted by molar-refractivity contribution is -0.112. The average Bonchev–Trinajstić information content (AvgIpc) is 2.76. The summed E-state index contributed by atoms with van der Waals surface area (Å²) in [5, 5.41) is 25.1. The number of carbonyl (C=O) groups excluding carboxylic acids is 1. The molecule has 21 heavy (non-hydrogen) atoms. The number of aryl methyl sites for hydroxylation is 1. The molecule has 0 aliphatic carbocycles. The highest BCUT2D eigenvalue weighted by molar-refractivity contribution is 6.09. The number of hydrogen-bond acceptors (Lipinski definition) is 4. The molecule has 2 rings (SSSR count). The number of aromatic hydroxyl groups is 1. The zero-order valence-corrected chi connectivity index (χ0v) is 11.7. The lowest BCUT2D eigenvalue weighted by atomic mass is 10.1. The second-order valence-corrected chi connectivity index (χ2v) is 4.48. The molecule has 2 aromatic rings. The van der Waals surface area contributed by atoms with Gasteiger partial charge in [0.1, 0.15) is 17.4 Å². The van der Waals surface area contributed by atoms with E-state index in [0.29, 0.717) is 11.3 Å². The van der Waals surface area contributed by atoms with Crippen molar-refractivity contribution in [1.29, 1.82) is 5.26 Å². The number of benzene rings is 1. The van der Waals surface area contributed by atoms with E-state index in [2.05, 4.69) is 10.4 Å². The Morgan fingerprint density at radius 3 is 2.86 bits per heavy atom. The van der Waals surface area contributed by atoms with E-state index in [1.165, 1.54) is 18.2 Å². The van der Waals surface area contributed by atoms with Crippen LogP contribution in [-0.2, 0) is 11.8 Å². The number of hydrogen-bond donors (Lipinski definition) is 2. The predicted molar refractivity (Wildman–Crippen MR) is 78.3 cm³/mol. The van der Waals surface area contributed by atoms with Crippen LogP contribution < -0.4 is 5.32 Å². The van der Waals surface area contributed by atoms with Gasteiger partial charge in [-0.1, -0.05) is 6.07 Å². The van der Waals surface area contributed by atoms with Crippen molar-refractivity contribution in [3.63, 3.8) is 0 Å². The van der Waals surface area contributed by atoms with Gasteiger partial charge in [-0.2, -0.15) is 10.4 Å². The Hall–Kier alpha value is -3.07. The molecule has 1 heterocycles. The Labute approximate surface area is 121 Å². The molecule has 1 aromatic heterocycles. The largest absolute Gasteiger partial charge is 0.508 e. The first-order valence-corrected chi connectivity index (χ1v) is 6.22. The molecule has 106 valence electrons. The van der Waals surface area contributed by atoms with Gasteiger partial charge < -0.3 is 10.4 Å². The Kier molecular flexibility index (Phi) is 4.05. The fourth-order valence-electron chi connectivity index (χ4n) is 1.74. The van der Waals surface area contributed by atoms with E-state index in [1.54, 1.807) is 30.1 Å². The molecular formula is C15H14N4O2. The van der Waals surface area contributed by atoms with Crippen molar-refractivity contribution >= 4 is 17.7 Å². The number of amides is 1. The molecule has 0 bridgehead atoms. The minimum atomic E-state index is -0.536. The summed E-state index contributed by atoms with van der Waals surface area (Å²) in [6.45, 7) is 1.85. The quantitative estimate of drug-likeness (QED) is 0.665.